The number of aromatic nitrogens is 3. The van der Waals surface area contributed by atoms with E-state index >= 15 is 0 Å². The molecule has 0 N–H and O–H groups in total. The van der Waals surface area contributed by atoms with Crippen LogP contribution in [-0.2, 0) is 6.42 Å². The Labute approximate surface area is 122 Å². The quantitative estimate of drug-likeness (QED) is 0.796. The SMILES string of the molecule is CC(C)N1CCN(CCCc2cn(C(C)C)nn2)CC1. The summed E-state index contributed by atoms with van der Waals surface area (Å²) in [5.74, 6) is 0. The van der Waals surface area contributed by atoms with Crippen LogP contribution >= 0.6 is 0 Å². The molecule has 5 nitrogen and oxygen atoms in total. The van der Waals surface area contributed by atoms with Gasteiger partial charge < -0.3 is 4.90 Å². The molecule has 1 aliphatic heterocycles. The standard InChI is InChI=1S/C15H29N5/c1-13(2)19-10-8-18(9-11-19)7-5-6-15-12-20(14(3)4)17-16-15/h12-14H,5-11H2,1-4H3. The van der Waals surface area contributed by atoms with Crippen LogP contribution in [0.2, 0.25) is 0 Å². The third-order valence-corrected chi connectivity index (χ3v) is 4.13. The van der Waals surface area contributed by atoms with Gasteiger partial charge in [-0.15, -0.1) is 5.10 Å². The van der Waals surface area contributed by atoms with Crippen molar-refractivity contribution < 1.29 is 0 Å². The Kier molecular flexibility index (Phi) is 5.54. The van der Waals surface area contributed by atoms with Crippen LogP contribution in [-0.4, -0.2) is 63.6 Å². The monoisotopic (exact) mass is 279 g/mol. The Morgan fingerprint density at radius 2 is 1.75 bits per heavy atom. The predicted molar refractivity (Wildman–Crippen MR) is 81.9 cm³/mol. The molecular weight excluding hydrogens is 250 g/mol. The molecule has 0 radical (unpaired) electrons. The van der Waals surface area contributed by atoms with Crippen molar-refractivity contribution in [3.63, 3.8) is 0 Å². The molecule has 0 bridgehead atoms. The van der Waals surface area contributed by atoms with Crippen molar-refractivity contribution in [2.45, 2.75) is 52.6 Å². The molecule has 1 aromatic rings. The van der Waals surface area contributed by atoms with Gasteiger partial charge in [0.05, 0.1) is 5.69 Å². The van der Waals surface area contributed by atoms with E-state index in [0.717, 1.165) is 12.1 Å². The Morgan fingerprint density at radius 1 is 1.05 bits per heavy atom. The molecule has 2 heterocycles. The van der Waals surface area contributed by atoms with E-state index in [1.807, 2.05) is 4.68 Å². The van der Waals surface area contributed by atoms with Crippen molar-refractivity contribution in [2.75, 3.05) is 32.7 Å². The fourth-order valence-corrected chi connectivity index (χ4v) is 2.67. The number of hydrogen-bond acceptors (Lipinski definition) is 4. The molecule has 0 amide bonds. The van der Waals surface area contributed by atoms with E-state index in [4.69, 9.17) is 0 Å². The molecular formula is C15H29N5. The van der Waals surface area contributed by atoms with Gasteiger partial charge in [-0.25, -0.2) is 4.68 Å². The maximum atomic E-state index is 4.24. The maximum absolute atomic E-state index is 4.24. The van der Waals surface area contributed by atoms with Crippen LogP contribution in [0.25, 0.3) is 0 Å². The van der Waals surface area contributed by atoms with Crippen molar-refractivity contribution >= 4 is 0 Å². The minimum Gasteiger partial charge on any atom is -0.301 e. The number of rotatable bonds is 6. The lowest BCUT2D eigenvalue weighted by atomic mass is 10.2. The van der Waals surface area contributed by atoms with Gasteiger partial charge >= 0.3 is 0 Å². The molecule has 0 aliphatic carbocycles. The summed E-state index contributed by atoms with van der Waals surface area (Å²) in [6.45, 7) is 14.8. The Morgan fingerprint density at radius 3 is 2.30 bits per heavy atom. The molecule has 114 valence electrons. The molecule has 0 spiro atoms. The second kappa shape index (κ2) is 7.18. The molecule has 1 fully saturated rings. The van der Waals surface area contributed by atoms with Gasteiger partial charge in [-0.2, -0.15) is 0 Å². The molecule has 0 saturated carbocycles. The number of aryl methyl sites for hydroxylation is 1. The summed E-state index contributed by atoms with van der Waals surface area (Å²) in [6.07, 6.45) is 4.30. The van der Waals surface area contributed by atoms with E-state index < -0.39 is 0 Å². The topological polar surface area (TPSA) is 37.2 Å². The lowest BCUT2D eigenvalue weighted by Crippen LogP contribution is -2.48. The third kappa shape index (κ3) is 4.28. The van der Waals surface area contributed by atoms with Crippen molar-refractivity contribution in [2.24, 2.45) is 0 Å². The zero-order chi connectivity index (χ0) is 14.5. The summed E-state index contributed by atoms with van der Waals surface area (Å²) in [4.78, 5) is 5.14. The molecule has 5 heteroatoms. The molecule has 0 unspecified atom stereocenters. The molecule has 2 rings (SSSR count). The van der Waals surface area contributed by atoms with Gasteiger partial charge in [0, 0.05) is 44.5 Å². The van der Waals surface area contributed by atoms with E-state index in [0.29, 0.717) is 12.1 Å². The maximum Gasteiger partial charge on any atom is 0.0827 e. The van der Waals surface area contributed by atoms with Crippen molar-refractivity contribution in [3.8, 4) is 0 Å². The van der Waals surface area contributed by atoms with Gasteiger partial charge in [-0.05, 0) is 47.1 Å². The van der Waals surface area contributed by atoms with Crippen molar-refractivity contribution in [3.05, 3.63) is 11.9 Å². The number of nitrogens with zero attached hydrogens (tertiary/aromatic N) is 5. The highest BCUT2D eigenvalue weighted by atomic mass is 15.4. The van der Waals surface area contributed by atoms with Crippen molar-refractivity contribution in [1.29, 1.82) is 0 Å². The van der Waals surface area contributed by atoms with Gasteiger partial charge in [0.2, 0.25) is 0 Å². The zero-order valence-corrected chi connectivity index (χ0v) is 13.4. The van der Waals surface area contributed by atoms with E-state index in [2.05, 4.69) is 54.0 Å². The molecule has 0 aromatic carbocycles. The van der Waals surface area contributed by atoms with Gasteiger partial charge in [-0.1, -0.05) is 5.21 Å². The van der Waals surface area contributed by atoms with E-state index in [9.17, 15) is 0 Å². The lowest BCUT2D eigenvalue weighted by Gasteiger charge is -2.36. The van der Waals surface area contributed by atoms with Crippen LogP contribution in [0.5, 0.6) is 0 Å². The lowest BCUT2D eigenvalue weighted by molar-refractivity contribution is 0.108. The fraction of sp³-hybridized carbons (Fsp3) is 0.867. The second-order valence-electron chi connectivity index (χ2n) is 6.36. The summed E-state index contributed by atoms with van der Waals surface area (Å²) >= 11 is 0. The van der Waals surface area contributed by atoms with Gasteiger partial charge in [0.1, 0.15) is 0 Å². The summed E-state index contributed by atoms with van der Waals surface area (Å²) < 4.78 is 1.94. The largest absolute Gasteiger partial charge is 0.301 e. The summed E-state index contributed by atoms with van der Waals surface area (Å²) in [5.41, 5.74) is 1.12. The Hall–Kier alpha value is -0.940. The minimum absolute atomic E-state index is 0.403. The second-order valence-corrected chi connectivity index (χ2v) is 6.36. The first-order chi connectivity index (χ1) is 9.56. The third-order valence-electron chi connectivity index (χ3n) is 4.13. The van der Waals surface area contributed by atoms with Crippen LogP contribution in [0.15, 0.2) is 6.20 Å². The average Bonchev–Trinajstić information content (AvgIpc) is 2.88. The smallest absolute Gasteiger partial charge is 0.0827 e. The van der Waals surface area contributed by atoms with Crippen LogP contribution in [0, 0.1) is 0 Å². The van der Waals surface area contributed by atoms with Crippen LogP contribution in [0.3, 0.4) is 0 Å². The predicted octanol–water partition coefficient (Wildman–Crippen LogP) is 1.82. The highest BCUT2D eigenvalue weighted by Crippen LogP contribution is 2.08. The van der Waals surface area contributed by atoms with Crippen LogP contribution < -0.4 is 0 Å². The Balaban J connectivity index is 1.66. The Bertz CT molecular complexity index is 391. The van der Waals surface area contributed by atoms with E-state index in [1.54, 1.807) is 0 Å². The molecule has 0 atom stereocenters. The zero-order valence-electron chi connectivity index (χ0n) is 13.4. The average molecular weight is 279 g/mol. The molecule has 1 aliphatic rings. The molecule has 1 aromatic heterocycles. The minimum atomic E-state index is 0.403. The summed E-state index contributed by atoms with van der Waals surface area (Å²) in [6, 6.07) is 1.09. The first kappa shape index (κ1) is 15.4. The molecule has 1 saturated heterocycles. The number of hydrogen-bond donors (Lipinski definition) is 0. The molecule has 20 heavy (non-hydrogen) atoms. The van der Waals surface area contributed by atoms with E-state index in [1.165, 1.54) is 39.1 Å². The first-order valence-corrected chi connectivity index (χ1v) is 7.93. The van der Waals surface area contributed by atoms with Crippen LogP contribution in [0.1, 0.15) is 45.9 Å². The summed E-state index contributed by atoms with van der Waals surface area (Å²) in [7, 11) is 0. The summed E-state index contributed by atoms with van der Waals surface area (Å²) in [5, 5.41) is 8.40. The van der Waals surface area contributed by atoms with Gasteiger partial charge in [0.15, 0.2) is 0 Å². The fourth-order valence-electron chi connectivity index (χ4n) is 2.67. The van der Waals surface area contributed by atoms with E-state index in [-0.39, 0.29) is 0 Å². The van der Waals surface area contributed by atoms with Gasteiger partial charge in [0.25, 0.3) is 0 Å². The van der Waals surface area contributed by atoms with Gasteiger partial charge in [-0.3, -0.25) is 4.90 Å². The highest BCUT2D eigenvalue weighted by Gasteiger charge is 2.18. The highest BCUT2D eigenvalue weighted by molar-refractivity contribution is 4.93. The number of piperazine rings is 1. The first-order valence-electron chi connectivity index (χ1n) is 7.93. The normalized spacial score (nSPS) is 18.3. The van der Waals surface area contributed by atoms with Crippen molar-refractivity contribution in [1.82, 2.24) is 24.8 Å². The van der Waals surface area contributed by atoms with Crippen LogP contribution in [0.4, 0.5) is 0 Å².